The number of likely N-dealkylation sites (tertiary alicyclic amines) is 1. The van der Waals surface area contributed by atoms with Gasteiger partial charge in [0.05, 0.1) is 30.8 Å². The average molecular weight is 752 g/mol. The molecule has 2 aliphatic carbocycles. The van der Waals surface area contributed by atoms with Crippen LogP contribution in [0.25, 0.3) is 0 Å². The number of allylic oxidation sites excluding steroid dienone is 1. The molecular weight excluding hydrogens is 698 g/mol. The van der Waals surface area contributed by atoms with E-state index in [0.717, 1.165) is 107 Å². The molecule has 4 heterocycles. The Balaban J connectivity index is 1.18. The van der Waals surface area contributed by atoms with Crippen LogP contribution in [0.4, 0.5) is 5.69 Å². The monoisotopic (exact) mass is 751 g/mol. The smallest absolute Gasteiger partial charge is 0.264 e. The fourth-order valence-corrected chi connectivity index (χ4v) is 11.5. The molecule has 2 saturated heterocycles. The number of amides is 1. The highest BCUT2D eigenvalue weighted by atomic mass is 35.5. The molecule has 2 spiro atoms. The lowest BCUT2D eigenvalue weighted by Crippen LogP contribution is -2.59. The number of aryl methyl sites for hydroxylation is 1. The number of anilines is 1. The minimum absolute atomic E-state index is 0.213. The SMILES string of the molecule is CO[C@@]1(CN2CCC3(CC2)COC3)/C=C\C[C@H](C)[C@@H](C)S(=O)(=O)NC(=O)c2ccc3c(c2)N(C[C@@H]2CC[C@H]21)C[C@@]1(CCCc2cc(Cl)ccc21)CO3. The van der Waals surface area contributed by atoms with E-state index in [4.69, 9.17) is 25.8 Å². The van der Waals surface area contributed by atoms with Gasteiger partial charge in [0.25, 0.3) is 5.91 Å². The fraction of sp³-hybridized carbons (Fsp3) is 0.634. The maximum absolute atomic E-state index is 13.6. The van der Waals surface area contributed by atoms with E-state index in [9.17, 15) is 13.2 Å². The molecule has 0 aromatic heterocycles. The number of carbonyl (C=O) groups excluding carboxylic acids is 1. The average Bonchev–Trinajstić information content (AvgIpc) is 3.25. The van der Waals surface area contributed by atoms with Gasteiger partial charge in [-0.15, -0.1) is 0 Å². The molecule has 282 valence electrons. The van der Waals surface area contributed by atoms with Crippen molar-refractivity contribution in [1.29, 1.82) is 0 Å². The van der Waals surface area contributed by atoms with Crippen LogP contribution in [0.2, 0.25) is 5.02 Å². The first kappa shape index (κ1) is 36.4. The molecule has 0 unspecified atom stereocenters. The number of nitrogens with one attached hydrogen (secondary N) is 1. The van der Waals surface area contributed by atoms with Crippen LogP contribution in [0.3, 0.4) is 0 Å². The maximum Gasteiger partial charge on any atom is 0.264 e. The van der Waals surface area contributed by atoms with Crippen molar-refractivity contribution in [2.24, 2.45) is 23.2 Å². The van der Waals surface area contributed by atoms with Gasteiger partial charge in [0.1, 0.15) is 11.4 Å². The number of fused-ring (bicyclic) bond motifs is 4. The number of rotatable bonds is 3. The lowest BCUT2D eigenvalue weighted by atomic mass is 9.63. The number of nitrogens with zero attached hydrogens (tertiary/aromatic N) is 2. The molecule has 11 heteroatoms. The Hall–Kier alpha value is -2.63. The van der Waals surface area contributed by atoms with Gasteiger partial charge in [0, 0.05) is 48.2 Å². The van der Waals surface area contributed by atoms with Crippen LogP contribution in [0.15, 0.2) is 48.6 Å². The second kappa shape index (κ2) is 13.9. The van der Waals surface area contributed by atoms with Gasteiger partial charge < -0.3 is 24.0 Å². The molecule has 1 saturated carbocycles. The molecule has 2 aromatic rings. The van der Waals surface area contributed by atoms with Crippen molar-refractivity contribution in [2.75, 3.05) is 64.6 Å². The Morgan fingerprint density at radius 2 is 1.85 bits per heavy atom. The Morgan fingerprint density at radius 1 is 1.04 bits per heavy atom. The van der Waals surface area contributed by atoms with Gasteiger partial charge in [-0.1, -0.05) is 36.7 Å². The van der Waals surface area contributed by atoms with Crippen LogP contribution in [-0.2, 0) is 31.3 Å². The standard InChI is InChI=1S/C41H54ClN3O6S/c1-28-6-4-15-41(49-3,24-44-18-16-39(17-19-44)25-50-26-39)35-11-8-32(35)22-45-23-40(14-5-7-30-20-33(42)10-12-34(30)40)27-51-37-13-9-31(21-36(37)45)38(46)43-52(47,48)29(28)2/h4,9-10,12-13,15,20-21,28-29,32,35H,5-8,11,14,16-19,22-27H2,1-3H3,(H,43,46)/b15-4-/t28-,29+,32-,35+,40-,41+/m0/s1. The third-order valence-electron chi connectivity index (χ3n) is 13.8. The van der Waals surface area contributed by atoms with Crippen LogP contribution in [0.1, 0.15) is 80.3 Å². The van der Waals surface area contributed by atoms with Gasteiger partial charge >= 0.3 is 0 Å². The Labute approximate surface area is 314 Å². The van der Waals surface area contributed by atoms with Crippen LogP contribution in [-0.4, -0.2) is 89.7 Å². The lowest BCUT2D eigenvalue weighted by Gasteiger charge is -2.53. The maximum atomic E-state index is 13.6. The number of hydrogen-bond donors (Lipinski definition) is 1. The van der Waals surface area contributed by atoms with Crippen molar-refractivity contribution in [3.05, 3.63) is 70.3 Å². The Bertz CT molecular complexity index is 1820. The summed E-state index contributed by atoms with van der Waals surface area (Å²) in [6, 6.07) is 11.7. The molecular formula is C41H54ClN3O6S. The molecule has 1 N–H and O–H groups in total. The summed E-state index contributed by atoms with van der Waals surface area (Å²) in [6.45, 7) is 10.3. The summed E-state index contributed by atoms with van der Waals surface area (Å²) in [5, 5.41) is -0.0232. The van der Waals surface area contributed by atoms with Crippen molar-refractivity contribution in [3.8, 4) is 5.75 Å². The molecule has 4 aliphatic heterocycles. The van der Waals surface area contributed by atoms with Gasteiger partial charge in [-0.05, 0) is 131 Å². The van der Waals surface area contributed by atoms with Gasteiger partial charge in [0.15, 0.2) is 0 Å². The molecule has 0 radical (unpaired) electrons. The topological polar surface area (TPSA) is 97.4 Å². The molecule has 6 aliphatic rings. The van der Waals surface area contributed by atoms with Crippen LogP contribution >= 0.6 is 11.6 Å². The van der Waals surface area contributed by atoms with E-state index >= 15 is 0 Å². The van der Waals surface area contributed by atoms with E-state index in [1.54, 1.807) is 13.0 Å². The zero-order valence-corrected chi connectivity index (χ0v) is 32.4. The second-order valence-electron chi connectivity index (χ2n) is 17.0. The van der Waals surface area contributed by atoms with E-state index in [1.165, 1.54) is 11.1 Å². The minimum Gasteiger partial charge on any atom is -0.490 e. The van der Waals surface area contributed by atoms with Crippen molar-refractivity contribution < 1.29 is 27.4 Å². The Kier molecular flexibility index (Phi) is 9.72. The molecule has 2 bridgehead atoms. The van der Waals surface area contributed by atoms with Crippen LogP contribution in [0.5, 0.6) is 5.75 Å². The van der Waals surface area contributed by atoms with Gasteiger partial charge in [0.2, 0.25) is 10.0 Å². The van der Waals surface area contributed by atoms with E-state index < -0.39 is 26.8 Å². The Morgan fingerprint density at radius 3 is 2.56 bits per heavy atom. The van der Waals surface area contributed by atoms with E-state index in [2.05, 4.69) is 38.8 Å². The van der Waals surface area contributed by atoms with E-state index in [-0.39, 0.29) is 17.3 Å². The van der Waals surface area contributed by atoms with E-state index in [1.807, 2.05) is 32.2 Å². The van der Waals surface area contributed by atoms with Gasteiger partial charge in [-0.2, -0.15) is 0 Å². The molecule has 1 amide bonds. The normalized spacial score (nSPS) is 34.8. The third-order valence-corrected chi connectivity index (χ3v) is 16.0. The molecule has 9 nitrogen and oxygen atoms in total. The summed E-state index contributed by atoms with van der Waals surface area (Å²) in [6.07, 6.45) is 12.4. The highest BCUT2D eigenvalue weighted by molar-refractivity contribution is 7.90. The number of halogens is 1. The number of piperidine rings is 1. The summed E-state index contributed by atoms with van der Waals surface area (Å²) in [5.41, 5.74) is 3.28. The zero-order valence-electron chi connectivity index (χ0n) is 30.9. The molecule has 3 fully saturated rings. The summed E-state index contributed by atoms with van der Waals surface area (Å²) in [5.74, 6) is 0.511. The first-order valence-electron chi connectivity index (χ1n) is 19.3. The van der Waals surface area contributed by atoms with Crippen molar-refractivity contribution in [1.82, 2.24) is 9.62 Å². The van der Waals surface area contributed by atoms with Crippen molar-refractivity contribution in [2.45, 2.75) is 81.5 Å². The molecule has 8 rings (SSSR count). The summed E-state index contributed by atoms with van der Waals surface area (Å²) in [7, 11) is -2.09. The quantitative estimate of drug-likeness (QED) is 0.361. The first-order chi connectivity index (χ1) is 24.9. The number of hydrogen-bond acceptors (Lipinski definition) is 8. The number of carbonyl (C=O) groups is 1. The summed E-state index contributed by atoms with van der Waals surface area (Å²) >= 11 is 6.50. The number of benzene rings is 2. The number of sulfonamides is 1. The van der Waals surface area contributed by atoms with Gasteiger partial charge in [-0.3, -0.25) is 4.79 Å². The third kappa shape index (κ3) is 6.58. The van der Waals surface area contributed by atoms with Crippen LogP contribution in [0, 0.1) is 23.2 Å². The first-order valence-corrected chi connectivity index (χ1v) is 21.3. The van der Waals surface area contributed by atoms with E-state index in [0.29, 0.717) is 29.9 Å². The predicted octanol–water partition coefficient (Wildman–Crippen LogP) is 6.38. The predicted molar refractivity (Wildman–Crippen MR) is 204 cm³/mol. The molecule has 6 atom stereocenters. The molecule has 2 aromatic carbocycles. The lowest BCUT2D eigenvalue weighted by molar-refractivity contribution is -0.149. The summed E-state index contributed by atoms with van der Waals surface area (Å²) in [4.78, 5) is 18.7. The van der Waals surface area contributed by atoms with Crippen molar-refractivity contribution in [3.63, 3.8) is 0 Å². The highest BCUT2D eigenvalue weighted by Gasteiger charge is 2.51. The number of ether oxygens (including phenoxy) is 3. The largest absolute Gasteiger partial charge is 0.490 e. The minimum atomic E-state index is -3.95. The fourth-order valence-electron chi connectivity index (χ4n) is 10.0. The highest BCUT2D eigenvalue weighted by Crippen LogP contribution is 2.50. The van der Waals surface area contributed by atoms with Crippen molar-refractivity contribution >= 4 is 33.2 Å². The zero-order chi connectivity index (χ0) is 36.3. The van der Waals surface area contributed by atoms with Crippen LogP contribution < -0.4 is 14.4 Å². The number of methoxy groups -OCH3 is 1. The van der Waals surface area contributed by atoms with Gasteiger partial charge in [-0.25, -0.2) is 13.1 Å². The summed E-state index contributed by atoms with van der Waals surface area (Å²) < 4.78 is 48.6. The second-order valence-corrected chi connectivity index (χ2v) is 19.4. The molecule has 52 heavy (non-hydrogen) atoms.